The maximum Gasteiger partial charge on any atom is 0.291 e. The van der Waals surface area contributed by atoms with Crippen LogP contribution in [0.3, 0.4) is 0 Å². The third-order valence-electron chi connectivity index (χ3n) is 2.72. The molecule has 0 aliphatic rings. The lowest BCUT2D eigenvalue weighted by atomic mass is 10.3. The summed E-state index contributed by atoms with van der Waals surface area (Å²) in [7, 11) is 0. The Labute approximate surface area is 115 Å². The monoisotopic (exact) mass is 268 g/mol. The molecule has 0 aliphatic heterocycles. The van der Waals surface area contributed by atoms with Gasteiger partial charge in [-0.3, -0.25) is 4.79 Å². The first kappa shape index (κ1) is 12.2. The summed E-state index contributed by atoms with van der Waals surface area (Å²) in [4.78, 5) is 15.9. The van der Waals surface area contributed by atoms with Gasteiger partial charge in [0.05, 0.1) is 18.5 Å². The zero-order valence-corrected chi connectivity index (χ0v) is 10.6. The highest BCUT2D eigenvalue weighted by molar-refractivity contribution is 5.90. The van der Waals surface area contributed by atoms with Gasteiger partial charge >= 0.3 is 0 Å². The van der Waals surface area contributed by atoms with Crippen LogP contribution in [0.25, 0.3) is 5.69 Å². The first-order valence-electron chi connectivity index (χ1n) is 6.10. The van der Waals surface area contributed by atoms with Crippen LogP contribution in [-0.2, 0) is 6.54 Å². The molecule has 100 valence electrons. The van der Waals surface area contributed by atoms with E-state index in [9.17, 15) is 4.79 Å². The van der Waals surface area contributed by atoms with Crippen molar-refractivity contribution in [1.82, 2.24) is 20.1 Å². The average molecular weight is 268 g/mol. The fourth-order valence-corrected chi connectivity index (χ4v) is 1.73. The Hall–Kier alpha value is -2.89. The number of rotatable bonds is 4. The molecule has 3 aromatic rings. The fraction of sp³-hybridized carbons (Fsp3) is 0.0714. The lowest BCUT2D eigenvalue weighted by Gasteiger charge is -2.00. The molecule has 0 spiro atoms. The second kappa shape index (κ2) is 5.40. The first-order valence-corrected chi connectivity index (χ1v) is 6.10. The van der Waals surface area contributed by atoms with Gasteiger partial charge in [-0.15, -0.1) is 5.10 Å². The SMILES string of the molecule is O=C(NCc1ccco1)c1ncn(-c2ccccc2)n1. The van der Waals surface area contributed by atoms with E-state index in [2.05, 4.69) is 15.4 Å². The number of furan rings is 1. The van der Waals surface area contributed by atoms with Gasteiger partial charge in [-0.1, -0.05) is 18.2 Å². The van der Waals surface area contributed by atoms with Gasteiger partial charge in [0.15, 0.2) is 0 Å². The molecule has 0 aliphatic carbocycles. The van der Waals surface area contributed by atoms with Crippen LogP contribution in [-0.4, -0.2) is 20.7 Å². The van der Waals surface area contributed by atoms with Gasteiger partial charge in [0, 0.05) is 0 Å². The van der Waals surface area contributed by atoms with E-state index < -0.39 is 0 Å². The number of para-hydroxylation sites is 1. The molecule has 20 heavy (non-hydrogen) atoms. The molecule has 1 N–H and O–H groups in total. The summed E-state index contributed by atoms with van der Waals surface area (Å²) in [5, 5.41) is 6.84. The van der Waals surface area contributed by atoms with Gasteiger partial charge in [0.2, 0.25) is 5.82 Å². The second-order valence-electron chi connectivity index (χ2n) is 4.11. The van der Waals surface area contributed by atoms with E-state index >= 15 is 0 Å². The first-order chi connectivity index (χ1) is 9.83. The summed E-state index contributed by atoms with van der Waals surface area (Å²) in [5.41, 5.74) is 0.852. The van der Waals surface area contributed by atoms with Gasteiger partial charge in [-0.25, -0.2) is 9.67 Å². The molecule has 0 saturated heterocycles. The van der Waals surface area contributed by atoms with E-state index in [0.717, 1.165) is 5.69 Å². The fourth-order valence-electron chi connectivity index (χ4n) is 1.73. The van der Waals surface area contributed by atoms with E-state index in [4.69, 9.17) is 4.42 Å². The van der Waals surface area contributed by atoms with E-state index in [1.165, 1.54) is 6.33 Å². The van der Waals surface area contributed by atoms with Crippen molar-refractivity contribution in [3.63, 3.8) is 0 Å². The third-order valence-corrected chi connectivity index (χ3v) is 2.72. The molecule has 1 amide bonds. The van der Waals surface area contributed by atoms with Crippen LogP contribution in [0.2, 0.25) is 0 Å². The minimum atomic E-state index is -0.337. The molecule has 0 unspecified atom stereocenters. The normalized spacial score (nSPS) is 10.4. The van der Waals surface area contributed by atoms with Gasteiger partial charge in [-0.2, -0.15) is 0 Å². The minimum absolute atomic E-state index is 0.125. The molecule has 1 aromatic carbocycles. The summed E-state index contributed by atoms with van der Waals surface area (Å²) in [6.45, 7) is 0.311. The summed E-state index contributed by atoms with van der Waals surface area (Å²) in [5.74, 6) is 0.470. The predicted molar refractivity (Wildman–Crippen MR) is 71.2 cm³/mol. The van der Waals surface area contributed by atoms with Crippen molar-refractivity contribution in [3.8, 4) is 5.69 Å². The van der Waals surface area contributed by atoms with Crippen LogP contribution in [0, 0.1) is 0 Å². The summed E-state index contributed by atoms with van der Waals surface area (Å²) in [6.07, 6.45) is 3.07. The van der Waals surface area contributed by atoms with Gasteiger partial charge in [0.25, 0.3) is 5.91 Å². The molecular formula is C14H12N4O2. The van der Waals surface area contributed by atoms with E-state index in [0.29, 0.717) is 12.3 Å². The van der Waals surface area contributed by atoms with Crippen molar-refractivity contribution >= 4 is 5.91 Å². The number of hydrogen-bond acceptors (Lipinski definition) is 4. The number of nitrogens with one attached hydrogen (secondary N) is 1. The molecule has 6 nitrogen and oxygen atoms in total. The predicted octanol–water partition coefficient (Wildman–Crippen LogP) is 1.79. The standard InChI is InChI=1S/C14H12N4O2/c19-14(15-9-12-7-4-8-20-12)13-16-10-18(17-13)11-5-2-1-3-6-11/h1-8,10H,9H2,(H,15,19). The minimum Gasteiger partial charge on any atom is -0.467 e. The Morgan fingerprint density at radius 2 is 2.05 bits per heavy atom. The zero-order valence-electron chi connectivity index (χ0n) is 10.6. The molecule has 2 aromatic heterocycles. The highest BCUT2D eigenvalue weighted by Crippen LogP contribution is 2.05. The second-order valence-corrected chi connectivity index (χ2v) is 4.11. The highest BCUT2D eigenvalue weighted by atomic mass is 16.3. The number of aromatic nitrogens is 3. The number of hydrogen-bond donors (Lipinski definition) is 1. The van der Waals surface area contributed by atoms with Crippen molar-refractivity contribution in [2.75, 3.05) is 0 Å². The van der Waals surface area contributed by atoms with E-state index in [1.807, 2.05) is 30.3 Å². The van der Waals surface area contributed by atoms with Crippen LogP contribution >= 0.6 is 0 Å². The molecule has 0 radical (unpaired) electrons. The number of benzene rings is 1. The third kappa shape index (κ3) is 2.59. The van der Waals surface area contributed by atoms with E-state index in [1.54, 1.807) is 23.1 Å². The molecular weight excluding hydrogens is 256 g/mol. The van der Waals surface area contributed by atoms with Crippen LogP contribution in [0.15, 0.2) is 59.5 Å². The average Bonchev–Trinajstić information content (AvgIpc) is 3.17. The summed E-state index contributed by atoms with van der Waals surface area (Å²) >= 11 is 0. The van der Waals surface area contributed by atoms with Crippen molar-refractivity contribution in [3.05, 3.63) is 66.6 Å². The van der Waals surface area contributed by atoms with Gasteiger partial charge in [0.1, 0.15) is 12.1 Å². The van der Waals surface area contributed by atoms with Crippen molar-refractivity contribution in [2.24, 2.45) is 0 Å². The molecule has 2 heterocycles. The number of carbonyl (C=O) groups excluding carboxylic acids is 1. The van der Waals surface area contributed by atoms with Crippen LogP contribution in [0.1, 0.15) is 16.4 Å². The van der Waals surface area contributed by atoms with Crippen LogP contribution < -0.4 is 5.32 Å². The Bertz CT molecular complexity index is 689. The molecule has 0 atom stereocenters. The Morgan fingerprint density at radius 1 is 1.20 bits per heavy atom. The van der Waals surface area contributed by atoms with Gasteiger partial charge < -0.3 is 9.73 Å². The molecule has 6 heteroatoms. The van der Waals surface area contributed by atoms with Crippen molar-refractivity contribution < 1.29 is 9.21 Å². The summed E-state index contributed by atoms with van der Waals surface area (Å²) < 4.78 is 6.69. The van der Waals surface area contributed by atoms with Gasteiger partial charge in [-0.05, 0) is 24.3 Å². The van der Waals surface area contributed by atoms with Crippen molar-refractivity contribution in [1.29, 1.82) is 0 Å². The summed E-state index contributed by atoms with van der Waals surface area (Å²) in [6, 6.07) is 13.0. The van der Waals surface area contributed by atoms with Crippen molar-refractivity contribution in [2.45, 2.75) is 6.54 Å². The van der Waals surface area contributed by atoms with Crippen LogP contribution in [0.4, 0.5) is 0 Å². The number of nitrogens with zero attached hydrogens (tertiary/aromatic N) is 3. The molecule has 3 rings (SSSR count). The Kier molecular flexibility index (Phi) is 3.28. The quantitative estimate of drug-likeness (QED) is 0.783. The van der Waals surface area contributed by atoms with E-state index in [-0.39, 0.29) is 11.7 Å². The number of amides is 1. The Morgan fingerprint density at radius 3 is 2.80 bits per heavy atom. The lowest BCUT2D eigenvalue weighted by Crippen LogP contribution is -2.24. The topological polar surface area (TPSA) is 73.0 Å². The molecule has 0 saturated carbocycles. The lowest BCUT2D eigenvalue weighted by molar-refractivity contribution is 0.0937. The molecule has 0 bridgehead atoms. The maximum absolute atomic E-state index is 11.9. The highest BCUT2D eigenvalue weighted by Gasteiger charge is 2.12. The zero-order chi connectivity index (χ0) is 13.8. The maximum atomic E-state index is 11.9. The molecule has 0 fully saturated rings. The number of carbonyl (C=O) groups is 1. The Balaban J connectivity index is 1.69. The smallest absolute Gasteiger partial charge is 0.291 e. The largest absolute Gasteiger partial charge is 0.467 e. The van der Waals surface area contributed by atoms with Crippen LogP contribution in [0.5, 0.6) is 0 Å².